The molecule has 0 saturated heterocycles. The lowest BCUT2D eigenvalue weighted by Gasteiger charge is -2.31. The van der Waals surface area contributed by atoms with Crippen molar-refractivity contribution < 1.29 is 26.7 Å². The minimum Gasteiger partial charge on any atom is -0.469 e. The Balaban J connectivity index is 1.51. The average molecular weight is 750 g/mol. The van der Waals surface area contributed by atoms with Crippen LogP contribution in [0.2, 0.25) is 0 Å². The number of benzene rings is 3. The Kier molecular flexibility index (Phi) is 10.3. The molecule has 2 atom stereocenters. The molecule has 4 bridgehead atoms. The van der Waals surface area contributed by atoms with Crippen molar-refractivity contribution in [2.24, 2.45) is 18.4 Å². The number of anilines is 1. The maximum absolute atomic E-state index is 15.9. The lowest BCUT2D eigenvalue weighted by atomic mass is 9.75. The monoisotopic (exact) mass is 749 g/mol. The summed E-state index contributed by atoms with van der Waals surface area (Å²) in [7, 11) is -0.494. The number of nitrogens with one attached hydrogen (secondary N) is 1. The maximum Gasteiger partial charge on any atom is 0.308 e. The van der Waals surface area contributed by atoms with Gasteiger partial charge < -0.3 is 15.5 Å². The van der Waals surface area contributed by atoms with E-state index < -0.39 is 32.3 Å². The third-order valence-electron chi connectivity index (χ3n) is 10.2. The molecule has 13 heteroatoms. The van der Waals surface area contributed by atoms with Crippen LogP contribution < -0.4 is 5.73 Å². The predicted molar refractivity (Wildman–Crippen MR) is 201 cm³/mol. The van der Waals surface area contributed by atoms with Gasteiger partial charge in [-0.1, -0.05) is 63.2 Å². The number of fused-ring (bicyclic) bond motifs is 8. The van der Waals surface area contributed by atoms with Gasteiger partial charge in [-0.05, 0) is 79.0 Å². The van der Waals surface area contributed by atoms with E-state index in [-0.39, 0.29) is 51.8 Å². The maximum atomic E-state index is 15.9. The largest absolute Gasteiger partial charge is 0.469 e. The number of hydrogen-bond acceptors (Lipinski definition) is 8. The number of nitrogens with two attached hydrogens (primary N) is 1. The first-order chi connectivity index (χ1) is 24.5. The summed E-state index contributed by atoms with van der Waals surface area (Å²) in [6.07, 6.45) is 4.07. The van der Waals surface area contributed by atoms with Crippen LogP contribution in [-0.2, 0) is 44.7 Å². The highest BCUT2D eigenvalue weighted by atomic mass is 32.2. The number of ether oxygens (including phenoxy) is 1. The molecule has 0 unspecified atom stereocenters. The number of sulfone groups is 1. The lowest BCUT2D eigenvalue weighted by Crippen LogP contribution is -2.29. The second-order valence-corrected chi connectivity index (χ2v) is 18.2. The Morgan fingerprint density at radius 2 is 1.88 bits per heavy atom. The normalized spacial score (nSPS) is 19.7. The number of nitrogens with zero attached hydrogens (tertiary/aromatic N) is 3. The van der Waals surface area contributed by atoms with Gasteiger partial charge >= 0.3 is 5.97 Å². The van der Waals surface area contributed by atoms with Gasteiger partial charge in [0, 0.05) is 34.7 Å². The van der Waals surface area contributed by atoms with Crippen LogP contribution in [0.25, 0.3) is 22.3 Å². The zero-order valence-electron chi connectivity index (χ0n) is 30.3. The van der Waals surface area contributed by atoms with Crippen molar-refractivity contribution in [3.63, 3.8) is 0 Å². The van der Waals surface area contributed by atoms with Crippen molar-refractivity contribution in [1.82, 2.24) is 19.7 Å². The first-order valence-electron chi connectivity index (χ1n) is 17.3. The van der Waals surface area contributed by atoms with Crippen molar-refractivity contribution in [3.05, 3.63) is 88.9 Å². The summed E-state index contributed by atoms with van der Waals surface area (Å²) in [5.74, 6) is -1.24. The molecule has 6 rings (SSSR count). The van der Waals surface area contributed by atoms with Crippen LogP contribution in [0.1, 0.15) is 69.5 Å². The minimum absolute atomic E-state index is 0.0358. The standard InChI is InChI=1S/C39H45F2N5O4S2/c1-23(36(47)50-6)17-24-9-7-10-25(18-24)39(4)14-8-13-38(2,3)22-52(48,49)16-12-27-26-11-15-43-32(26)21-30(41)34(27)51-33-19-28(29(40)20-31(33)42)35-44-37(39)45-46(35)5/h7,9-11,15,18-21,23,43H,8,12-14,16-17,22,42H2,1-6H3/t23-,39-/m1/s1. The molecule has 276 valence electrons. The molecule has 52 heavy (non-hydrogen) atoms. The van der Waals surface area contributed by atoms with Crippen molar-refractivity contribution in [1.29, 1.82) is 0 Å². The fourth-order valence-electron chi connectivity index (χ4n) is 7.36. The van der Waals surface area contributed by atoms with E-state index in [0.717, 1.165) is 28.3 Å². The molecule has 1 aliphatic rings. The molecular formula is C39H45F2N5O4S2. The van der Waals surface area contributed by atoms with Crippen LogP contribution in [-0.4, -0.2) is 52.8 Å². The van der Waals surface area contributed by atoms with E-state index in [9.17, 15) is 13.2 Å². The molecule has 0 aliphatic carbocycles. The Bertz CT molecular complexity index is 2270. The summed E-state index contributed by atoms with van der Waals surface area (Å²) < 4.78 is 65.7. The van der Waals surface area contributed by atoms with Crippen LogP contribution in [0.4, 0.5) is 14.5 Å². The summed E-state index contributed by atoms with van der Waals surface area (Å²) in [5, 5.41) is 5.57. The topological polar surface area (TPSA) is 133 Å². The molecule has 5 aromatic rings. The second-order valence-electron chi connectivity index (χ2n) is 15.0. The van der Waals surface area contributed by atoms with E-state index in [1.54, 1.807) is 24.0 Å². The number of aromatic nitrogens is 4. The summed E-state index contributed by atoms with van der Waals surface area (Å²) in [5.41, 5.74) is 8.24. The first kappa shape index (κ1) is 37.5. The quantitative estimate of drug-likeness (QED) is 0.141. The molecule has 3 heterocycles. The second kappa shape index (κ2) is 14.3. The predicted octanol–water partition coefficient (Wildman–Crippen LogP) is 7.80. The highest BCUT2D eigenvalue weighted by Gasteiger charge is 2.36. The Morgan fingerprint density at radius 3 is 2.63 bits per heavy atom. The Morgan fingerprint density at radius 1 is 1.12 bits per heavy atom. The van der Waals surface area contributed by atoms with Crippen molar-refractivity contribution in [3.8, 4) is 11.4 Å². The fourth-order valence-corrected chi connectivity index (χ4v) is 10.4. The van der Waals surface area contributed by atoms with Crippen molar-refractivity contribution in [2.45, 2.75) is 75.0 Å². The number of methoxy groups -OCH3 is 1. The summed E-state index contributed by atoms with van der Waals surface area (Å²) >= 11 is 1.04. The van der Waals surface area contributed by atoms with E-state index in [2.05, 4.69) is 4.98 Å². The van der Waals surface area contributed by atoms with Gasteiger partial charge in [0.2, 0.25) is 0 Å². The molecule has 1 aliphatic heterocycles. The Labute approximate surface area is 307 Å². The van der Waals surface area contributed by atoms with Gasteiger partial charge in [0.15, 0.2) is 21.5 Å². The molecule has 2 aromatic heterocycles. The number of rotatable bonds is 4. The van der Waals surface area contributed by atoms with E-state index in [0.29, 0.717) is 47.5 Å². The summed E-state index contributed by atoms with van der Waals surface area (Å²) in [6.45, 7) is 7.77. The average Bonchev–Trinajstić information content (AvgIpc) is 3.70. The SMILES string of the molecule is COC(=O)[C@H](C)Cc1cccc([C@@]2(C)CCCC(C)(C)CS(=O)(=O)CCc3c(c(F)cc4[nH]ccc34)Sc3cc(c(F)cc3N)-c3nc2nn3C)c1. The fraction of sp³-hybridized carbons (Fsp3) is 0.410. The smallest absolute Gasteiger partial charge is 0.308 e. The van der Waals surface area contributed by atoms with Crippen LogP contribution >= 0.6 is 11.8 Å². The van der Waals surface area contributed by atoms with Gasteiger partial charge in [-0.15, -0.1) is 0 Å². The number of H-pyrrole nitrogens is 1. The van der Waals surface area contributed by atoms with Gasteiger partial charge in [0.1, 0.15) is 11.6 Å². The molecular weight excluding hydrogens is 705 g/mol. The van der Waals surface area contributed by atoms with Gasteiger partial charge in [-0.3, -0.25) is 4.79 Å². The van der Waals surface area contributed by atoms with E-state index >= 15 is 8.78 Å². The number of carbonyl (C=O) groups is 1. The third kappa shape index (κ3) is 7.61. The van der Waals surface area contributed by atoms with Crippen LogP contribution in [0.15, 0.2) is 64.5 Å². The molecule has 3 aromatic carbocycles. The van der Waals surface area contributed by atoms with Gasteiger partial charge in [-0.25, -0.2) is 26.9 Å². The molecule has 0 fully saturated rings. The molecule has 0 spiro atoms. The van der Waals surface area contributed by atoms with Crippen LogP contribution in [0.3, 0.4) is 0 Å². The number of halogens is 2. The molecule has 0 amide bonds. The van der Waals surface area contributed by atoms with Gasteiger partial charge in [0.25, 0.3) is 0 Å². The molecule has 0 radical (unpaired) electrons. The van der Waals surface area contributed by atoms with Crippen LogP contribution in [0.5, 0.6) is 0 Å². The van der Waals surface area contributed by atoms with Gasteiger partial charge in [0.05, 0.1) is 40.4 Å². The van der Waals surface area contributed by atoms with E-state index in [1.165, 1.54) is 19.2 Å². The number of carbonyl (C=O) groups excluding carboxylic acids is 1. The number of aryl methyl sites for hydroxylation is 2. The molecule has 3 N–H and O–H groups in total. The minimum atomic E-state index is -3.57. The van der Waals surface area contributed by atoms with Gasteiger partial charge in [-0.2, -0.15) is 5.10 Å². The van der Waals surface area contributed by atoms with Crippen molar-refractivity contribution in [2.75, 3.05) is 24.3 Å². The third-order valence-corrected chi connectivity index (χ3v) is 13.5. The Hall–Kier alpha value is -4.23. The number of esters is 1. The summed E-state index contributed by atoms with van der Waals surface area (Å²) in [4.78, 5) is 20.9. The van der Waals surface area contributed by atoms with E-state index in [1.807, 2.05) is 58.0 Å². The highest BCUT2D eigenvalue weighted by molar-refractivity contribution is 7.99. The molecule has 9 nitrogen and oxygen atoms in total. The first-order valence-corrected chi connectivity index (χ1v) is 20.0. The zero-order valence-corrected chi connectivity index (χ0v) is 32.0. The van der Waals surface area contributed by atoms with E-state index in [4.69, 9.17) is 20.6 Å². The lowest BCUT2D eigenvalue weighted by molar-refractivity contribution is -0.144. The molecule has 0 saturated carbocycles. The zero-order chi connectivity index (χ0) is 37.6. The van der Waals surface area contributed by atoms with Crippen LogP contribution in [0, 0.1) is 23.0 Å². The number of nitrogen functional groups attached to an aromatic ring is 1. The number of hydrogen-bond donors (Lipinski definition) is 2. The highest BCUT2D eigenvalue weighted by Crippen LogP contribution is 2.43. The number of aromatic amines is 1. The summed E-state index contributed by atoms with van der Waals surface area (Å²) in [6, 6.07) is 13.9. The van der Waals surface area contributed by atoms with Crippen molar-refractivity contribution >= 4 is 44.2 Å².